The average molecular weight is 437 g/mol. The van der Waals surface area contributed by atoms with Crippen molar-refractivity contribution in [2.75, 3.05) is 11.9 Å². The molecule has 1 aromatic heterocycles. The van der Waals surface area contributed by atoms with Crippen LogP contribution in [0.25, 0.3) is 5.57 Å². The number of halogens is 1. The van der Waals surface area contributed by atoms with E-state index in [2.05, 4.69) is 5.32 Å². The van der Waals surface area contributed by atoms with Crippen molar-refractivity contribution < 1.29 is 9.59 Å². The summed E-state index contributed by atoms with van der Waals surface area (Å²) in [6, 6.07) is 17.2. The quantitative estimate of drug-likeness (QED) is 0.522. The van der Waals surface area contributed by atoms with Gasteiger partial charge in [0, 0.05) is 22.1 Å². The molecule has 1 aliphatic heterocycles. The molecule has 4 nitrogen and oxygen atoms in total. The molecule has 0 saturated carbocycles. The number of rotatable bonds is 6. The molecule has 152 valence electrons. The zero-order valence-electron chi connectivity index (χ0n) is 16.7. The van der Waals surface area contributed by atoms with E-state index < -0.39 is 0 Å². The number of aryl methyl sites for hydroxylation is 2. The van der Waals surface area contributed by atoms with Crippen LogP contribution in [0, 0.1) is 13.8 Å². The fraction of sp³-hybridized carbons (Fsp3) is 0.167. The molecule has 0 unspecified atom stereocenters. The van der Waals surface area contributed by atoms with Crippen LogP contribution in [0.5, 0.6) is 0 Å². The van der Waals surface area contributed by atoms with Crippen molar-refractivity contribution in [1.29, 1.82) is 0 Å². The SMILES string of the molecule is Cc1ccc(NC2=C(c3cccs3)C(=O)N(CCc3ccc(Cl)cc3)C2=O)c(C)c1. The summed E-state index contributed by atoms with van der Waals surface area (Å²) in [4.78, 5) is 28.6. The van der Waals surface area contributed by atoms with Gasteiger partial charge in [0.25, 0.3) is 11.8 Å². The van der Waals surface area contributed by atoms with Crippen LogP contribution in [-0.4, -0.2) is 23.3 Å². The van der Waals surface area contributed by atoms with Crippen LogP contribution in [0.3, 0.4) is 0 Å². The van der Waals surface area contributed by atoms with Gasteiger partial charge in [0.05, 0.1) is 5.57 Å². The highest BCUT2D eigenvalue weighted by atomic mass is 35.5. The molecule has 1 aliphatic rings. The van der Waals surface area contributed by atoms with Crippen molar-refractivity contribution in [3.8, 4) is 0 Å². The van der Waals surface area contributed by atoms with Crippen molar-refractivity contribution >= 4 is 46.0 Å². The highest BCUT2D eigenvalue weighted by molar-refractivity contribution is 7.11. The van der Waals surface area contributed by atoms with Gasteiger partial charge in [0.15, 0.2) is 0 Å². The maximum absolute atomic E-state index is 13.2. The first-order chi connectivity index (χ1) is 14.4. The van der Waals surface area contributed by atoms with Crippen molar-refractivity contribution in [1.82, 2.24) is 4.90 Å². The second-order valence-electron chi connectivity index (χ2n) is 7.31. The number of carbonyl (C=O) groups excluding carboxylic acids is 2. The Morgan fingerprint density at radius 3 is 2.43 bits per heavy atom. The maximum Gasteiger partial charge on any atom is 0.278 e. The van der Waals surface area contributed by atoms with Gasteiger partial charge in [0.2, 0.25) is 0 Å². The molecule has 0 radical (unpaired) electrons. The first-order valence-corrected chi connectivity index (χ1v) is 10.9. The molecular formula is C24H21ClN2O2S. The lowest BCUT2D eigenvalue weighted by molar-refractivity contribution is -0.136. The molecule has 0 saturated heterocycles. The number of thiophene rings is 1. The minimum Gasteiger partial charge on any atom is -0.350 e. The number of amides is 2. The monoisotopic (exact) mass is 436 g/mol. The third-order valence-electron chi connectivity index (χ3n) is 5.11. The van der Waals surface area contributed by atoms with Crippen LogP contribution in [0.15, 0.2) is 65.7 Å². The van der Waals surface area contributed by atoms with Crippen molar-refractivity contribution in [2.24, 2.45) is 0 Å². The molecule has 0 fully saturated rings. The van der Waals surface area contributed by atoms with E-state index in [9.17, 15) is 9.59 Å². The van der Waals surface area contributed by atoms with E-state index in [0.29, 0.717) is 29.3 Å². The lowest BCUT2D eigenvalue weighted by atomic mass is 10.1. The molecule has 0 atom stereocenters. The Labute approximate surface area is 184 Å². The van der Waals surface area contributed by atoms with Crippen LogP contribution in [0.2, 0.25) is 5.02 Å². The Bertz CT molecular complexity index is 1130. The normalized spacial score (nSPS) is 14.0. The number of imide groups is 1. The Balaban J connectivity index is 1.63. The van der Waals surface area contributed by atoms with E-state index in [-0.39, 0.29) is 11.8 Å². The number of hydrogen-bond acceptors (Lipinski definition) is 4. The number of nitrogens with one attached hydrogen (secondary N) is 1. The van der Waals surface area contributed by atoms with Gasteiger partial charge in [-0.1, -0.05) is 47.5 Å². The molecule has 0 aliphatic carbocycles. The number of carbonyl (C=O) groups is 2. The number of benzene rings is 2. The summed E-state index contributed by atoms with van der Waals surface area (Å²) in [7, 11) is 0. The highest BCUT2D eigenvalue weighted by Gasteiger charge is 2.39. The van der Waals surface area contributed by atoms with Gasteiger partial charge >= 0.3 is 0 Å². The Morgan fingerprint density at radius 1 is 1.00 bits per heavy atom. The zero-order chi connectivity index (χ0) is 21.3. The van der Waals surface area contributed by atoms with Crippen molar-refractivity contribution in [3.63, 3.8) is 0 Å². The molecule has 0 bridgehead atoms. The van der Waals surface area contributed by atoms with Gasteiger partial charge in [-0.3, -0.25) is 14.5 Å². The van der Waals surface area contributed by atoms with Crippen LogP contribution < -0.4 is 5.32 Å². The van der Waals surface area contributed by atoms with Crippen LogP contribution in [0.4, 0.5) is 5.69 Å². The van der Waals surface area contributed by atoms with E-state index in [1.54, 1.807) is 0 Å². The van der Waals surface area contributed by atoms with Crippen LogP contribution >= 0.6 is 22.9 Å². The summed E-state index contributed by atoms with van der Waals surface area (Å²) < 4.78 is 0. The third-order valence-corrected chi connectivity index (χ3v) is 6.25. The lowest BCUT2D eigenvalue weighted by Gasteiger charge is -2.16. The maximum atomic E-state index is 13.2. The zero-order valence-corrected chi connectivity index (χ0v) is 18.3. The van der Waals surface area contributed by atoms with Gasteiger partial charge in [-0.2, -0.15) is 0 Å². The van der Waals surface area contributed by atoms with Crippen molar-refractivity contribution in [3.05, 3.63) is 92.3 Å². The molecule has 4 rings (SSSR count). The Morgan fingerprint density at radius 2 is 1.77 bits per heavy atom. The summed E-state index contributed by atoms with van der Waals surface area (Å²) in [5.41, 5.74) is 4.78. The largest absolute Gasteiger partial charge is 0.350 e. The van der Waals surface area contributed by atoms with Gasteiger partial charge < -0.3 is 5.32 Å². The minimum absolute atomic E-state index is 0.260. The summed E-state index contributed by atoms with van der Waals surface area (Å²) in [6.07, 6.45) is 0.573. The van der Waals surface area contributed by atoms with Gasteiger partial charge in [-0.25, -0.2) is 0 Å². The standard InChI is InChI=1S/C24H21ClN2O2S/c1-15-5-10-19(16(2)14-15)26-22-21(20-4-3-13-30-20)23(28)27(24(22)29)12-11-17-6-8-18(25)9-7-17/h3-10,13-14,26H,11-12H2,1-2H3. The molecule has 6 heteroatoms. The predicted molar refractivity (Wildman–Crippen MR) is 123 cm³/mol. The third kappa shape index (κ3) is 4.04. The Kier molecular flexibility index (Phi) is 5.75. The second kappa shape index (κ2) is 8.46. The number of anilines is 1. The molecule has 2 aromatic carbocycles. The smallest absolute Gasteiger partial charge is 0.278 e. The van der Waals surface area contributed by atoms with Gasteiger partial charge in [-0.05, 0) is 61.0 Å². The first-order valence-electron chi connectivity index (χ1n) is 9.67. The molecule has 3 aromatic rings. The fourth-order valence-corrected chi connectivity index (χ4v) is 4.42. The number of hydrogen-bond donors (Lipinski definition) is 1. The lowest BCUT2D eigenvalue weighted by Crippen LogP contribution is -2.34. The second-order valence-corrected chi connectivity index (χ2v) is 8.69. The topological polar surface area (TPSA) is 49.4 Å². The highest BCUT2D eigenvalue weighted by Crippen LogP contribution is 2.33. The summed E-state index contributed by atoms with van der Waals surface area (Å²) in [6.45, 7) is 4.32. The van der Waals surface area contributed by atoms with Crippen molar-refractivity contribution in [2.45, 2.75) is 20.3 Å². The molecule has 2 amide bonds. The molecule has 2 heterocycles. The first kappa shape index (κ1) is 20.4. The predicted octanol–water partition coefficient (Wildman–Crippen LogP) is 5.45. The summed E-state index contributed by atoms with van der Waals surface area (Å²) >= 11 is 7.40. The van der Waals surface area contributed by atoms with E-state index >= 15 is 0 Å². The summed E-state index contributed by atoms with van der Waals surface area (Å²) in [5, 5.41) is 5.82. The van der Waals surface area contributed by atoms with E-state index in [4.69, 9.17) is 11.6 Å². The van der Waals surface area contributed by atoms with Crippen LogP contribution in [0.1, 0.15) is 21.6 Å². The van der Waals surface area contributed by atoms with Crippen LogP contribution in [-0.2, 0) is 16.0 Å². The minimum atomic E-state index is -0.294. The van der Waals surface area contributed by atoms with E-state index in [0.717, 1.165) is 27.3 Å². The Hall–Kier alpha value is -2.89. The molecular weight excluding hydrogens is 416 g/mol. The van der Waals surface area contributed by atoms with E-state index in [1.165, 1.54) is 16.2 Å². The fourth-order valence-electron chi connectivity index (χ4n) is 3.52. The molecule has 30 heavy (non-hydrogen) atoms. The van der Waals surface area contributed by atoms with Gasteiger partial charge in [-0.15, -0.1) is 11.3 Å². The average Bonchev–Trinajstić information content (AvgIpc) is 3.31. The molecule has 1 N–H and O–H groups in total. The summed E-state index contributed by atoms with van der Waals surface area (Å²) in [5.74, 6) is -0.555. The molecule has 0 spiro atoms. The van der Waals surface area contributed by atoms with E-state index in [1.807, 2.05) is 73.8 Å². The number of nitrogens with zero attached hydrogens (tertiary/aromatic N) is 1. The van der Waals surface area contributed by atoms with Gasteiger partial charge in [0.1, 0.15) is 5.70 Å².